The van der Waals surface area contributed by atoms with E-state index in [9.17, 15) is 0 Å². The van der Waals surface area contributed by atoms with Gasteiger partial charge < -0.3 is 5.32 Å². The van der Waals surface area contributed by atoms with Crippen LogP contribution in [0, 0.1) is 0 Å². The summed E-state index contributed by atoms with van der Waals surface area (Å²) in [5.74, 6) is 1.09. The number of allylic oxidation sites excluding steroid dienone is 2. The lowest BCUT2D eigenvalue weighted by Crippen LogP contribution is -2.33. The highest BCUT2D eigenvalue weighted by molar-refractivity contribution is 5.87. The number of fused-ring (bicyclic) bond motifs is 1. The molecule has 0 radical (unpaired) electrons. The quantitative estimate of drug-likeness (QED) is 0.858. The highest BCUT2D eigenvalue weighted by atomic mass is 15.1. The second-order valence-electron chi connectivity index (χ2n) is 4.17. The Balaban J connectivity index is 0.000000461. The number of amidine groups is 1. The van der Waals surface area contributed by atoms with Crippen molar-refractivity contribution in [1.29, 1.82) is 0 Å². The van der Waals surface area contributed by atoms with Gasteiger partial charge in [-0.3, -0.25) is 4.99 Å². The summed E-state index contributed by atoms with van der Waals surface area (Å²) in [6, 6.07) is 11.1. The van der Waals surface area contributed by atoms with Gasteiger partial charge in [-0.15, -0.1) is 0 Å². The Bertz CT molecular complexity index is 458. The van der Waals surface area contributed by atoms with Crippen molar-refractivity contribution in [1.82, 2.24) is 5.32 Å². The van der Waals surface area contributed by atoms with Gasteiger partial charge in [-0.25, -0.2) is 0 Å². The number of benzene rings is 1. The topological polar surface area (TPSA) is 24.4 Å². The highest BCUT2D eigenvalue weighted by Crippen LogP contribution is 2.15. The maximum atomic E-state index is 4.67. The average molecular weight is 270 g/mol. The van der Waals surface area contributed by atoms with Gasteiger partial charge >= 0.3 is 0 Å². The van der Waals surface area contributed by atoms with Crippen molar-refractivity contribution in [2.45, 2.75) is 46.2 Å². The smallest absolute Gasteiger partial charge is 0.102 e. The molecule has 20 heavy (non-hydrogen) atoms. The molecule has 0 amide bonds. The van der Waals surface area contributed by atoms with Crippen molar-refractivity contribution < 1.29 is 0 Å². The van der Waals surface area contributed by atoms with Crippen molar-refractivity contribution in [3.05, 3.63) is 60.2 Å². The Morgan fingerprint density at radius 1 is 0.950 bits per heavy atom. The maximum Gasteiger partial charge on any atom is 0.102 e. The minimum atomic E-state index is 0.295. The van der Waals surface area contributed by atoms with Crippen LogP contribution in [0.15, 0.2) is 59.6 Å². The van der Waals surface area contributed by atoms with Crippen molar-refractivity contribution in [3.8, 4) is 0 Å². The lowest BCUT2D eigenvalue weighted by Gasteiger charge is -2.13. The Morgan fingerprint density at radius 2 is 1.60 bits per heavy atom. The zero-order chi connectivity index (χ0) is 14.8. The number of nitrogens with one attached hydrogen (secondary N) is 1. The predicted octanol–water partition coefficient (Wildman–Crippen LogP) is 4.15. The summed E-state index contributed by atoms with van der Waals surface area (Å²) in [7, 11) is 0. The molecule has 1 aromatic rings. The zero-order valence-corrected chi connectivity index (χ0v) is 13.0. The third kappa shape index (κ3) is 4.37. The van der Waals surface area contributed by atoms with Gasteiger partial charge in [0, 0.05) is 6.42 Å². The molecule has 0 saturated carbocycles. The third-order valence-electron chi connectivity index (χ3n) is 2.96. The summed E-state index contributed by atoms with van der Waals surface area (Å²) in [5, 5.41) is 3.45. The summed E-state index contributed by atoms with van der Waals surface area (Å²) in [4.78, 5) is 4.67. The zero-order valence-electron chi connectivity index (χ0n) is 13.0. The van der Waals surface area contributed by atoms with Crippen LogP contribution in [0.25, 0.3) is 0 Å². The number of aliphatic imine (C=N–C) groups is 1. The molecule has 2 heteroatoms. The molecule has 0 spiro atoms. The largest absolute Gasteiger partial charge is 0.365 e. The molecule has 2 nitrogen and oxygen atoms in total. The molecule has 0 aromatic heterocycles. The minimum Gasteiger partial charge on any atom is -0.365 e. The van der Waals surface area contributed by atoms with Gasteiger partial charge in [0.15, 0.2) is 0 Å². The highest BCUT2D eigenvalue weighted by Gasteiger charge is 2.25. The molecule has 0 bridgehead atoms. The molecule has 0 fully saturated rings. The van der Waals surface area contributed by atoms with Crippen LogP contribution < -0.4 is 5.32 Å². The van der Waals surface area contributed by atoms with Crippen molar-refractivity contribution in [3.63, 3.8) is 0 Å². The van der Waals surface area contributed by atoms with Gasteiger partial charge in [-0.05, 0) is 5.56 Å². The molecular weight excluding hydrogens is 244 g/mol. The number of rotatable bonds is 2. The van der Waals surface area contributed by atoms with E-state index in [-0.39, 0.29) is 0 Å². The second kappa shape index (κ2) is 9.13. The normalized spacial score (nSPS) is 21.5. The molecule has 1 aliphatic carbocycles. The van der Waals surface area contributed by atoms with Crippen molar-refractivity contribution in [2.75, 3.05) is 0 Å². The van der Waals surface area contributed by atoms with Crippen molar-refractivity contribution in [2.24, 2.45) is 4.99 Å². The van der Waals surface area contributed by atoms with E-state index >= 15 is 0 Å². The predicted molar refractivity (Wildman–Crippen MR) is 89.3 cm³/mol. The van der Waals surface area contributed by atoms with Gasteiger partial charge in [0.05, 0.1) is 12.1 Å². The van der Waals surface area contributed by atoms with E-state index in [0.29, 0.717) is 12.1 Å². The van der Waals surface area contributed by atoms with E-state index < -0.39 is 0 Å². The van der Waals surface area contributed by atoms with E-state index in [1.807, 2.05) is 33.8 Å². The number of hydrogen-bond donors (Lipinski definition) is 1. The monoisotopic (exact) mass is 270 g/mol. The van der Waals surface area contributed by atoms with Crippen LogP contribution in [0.2, 0.25) is 0 Å². The van der Waals surface area contributed by atoms with Gasteiger partial charge in [-0.2, -0.15) is 0 Å². The van der Waals surface area contributed by atoms with E-state index in [1.165, 1.54) is 5.56 Å². The molecule has 2 unspecified atom stereocenters. The molecule has 0 saturated heterocycles. The van der Waals surface area contributed by atoms with Gasteiger partial charge in [-0.1, -0.05) is 82.3 Å². The fourth-order valence-electron chi connectivity index (χ4n) is 2.15. The van der Waals surface area contributed by atoms with Crippen molar-refractivity contribution >= 4 is 5.84 Å². The van der Waals surface area contributed by atoms with Crippen LogP contribution in [-0.4, -0.2) is 17.9 Å². The SMILES string of the molecule is C1=CC2N=C(Cc3ccccc3)NC2C=C1.CC.CC. The molecule has 1 aromatic carbocycles. The van der Waals surface area contributed by atoms with Crippen LogP contribution in [-0.2, 0) is 6.42 Å². The van der Waals surface area contributed by atoms with Gasteiger partial charge in [0.1, 0.15) is 5.84 Å². The Kier molecular flexibility index (Phi) is 7.41. The summed E-state index contributed by atoms with van der Waals surface area (Å²) in [6.45, 7) is 8.00. The lowest BCUT2D eigenvalue weighted by atomic mass is 10.1. The molecule has 1 heterocycles. The summed E-state index contributed by atoms with van der Waals surface area (Å²) in [6.07, 6.45) is 9.37. The molecular formula is C18H26N2. The van der Waals surface area contributed by atoms with E-state index in [0.717, 1.165) is 12.3 Å². The number of nitrogens with zero attached hydrogens (tertiary/aromatic N) is 1. The summed E-state index contributed by atoms with van der Waals surface area (Å²) in [5.41, 5.74) is 1.31. The molecule has 1 N–H and O–H groups in total. The van der Waals surface area contributed by atoms with E-state index in [4.69, 9.17) is 0 Å². The van der Waals surface area contributed by atoms with Crippen LogP contribution in [0.1, 0.15) is 33.3 Å². The number of hydrogen-bond acceptors (Lipinski definition) is 2. The first-order valence-electron chi connectivity index (χ1n) is 7.64. The van der Waals surface area contributed by atoms with Crippen LogP contribution in [0.5, 0.6) is 0 Å². The van der Waals surface area contributed by atoms with E-state index in [2.05, 4.69) is 58.9 Å². The Labute approximate surface area is 123 Å². The molecule has 2 atom stereocenters. The fraction of sp³-hybridized carbons (Fsp3) is 0.389. The van der Waals surface area contributed by atoms with E-state index in [1.54, 1.807) is 0 Å². The standard InChI is InChI=1S/C14H14N2.2C2H6/c1-2-6-11(7-3-1)10-14-15-12-8-4-5-9-13(12)16-14;2*1-2/h1-9,12-13H,10H2,(H,15,16);2*1-2H3. The van der Waals surface area contributed by atoms with Crippen LogP contribution in [0.4, 0.5) is 0 Å². The van der Waals surface area contributed by atoms with Crippen LogP contribution >= 0.6 is 0 Å². The molecule has 3 rings (SSSR count). The first-order chi connectivity index (χ1) is 9.92. The minimum absolute atomic E-state index is 0.295. The summed E-state index contributed by atoms with van der Waals surface area (Å²) >= 11 is 0. The Hall–Kier alpha value is -1.83. The van der Waals surface area contributed by atoms with Crippen LogP contribution in [0.3, 0.4) is 0 Å². The molecule has 1 aliphatic heterocycles. The molecule has 2 aliphatic rings. The first kappa shape index (κ1) is 16.2. The Morgan fingerprint density at radius 3 is 2.25 bits per heavy atom. The molecule has 108 valence electrons. The van der Waals surface area contributed by atoms with Gasteiger partial charge in [0.2, 0.25) is 0 Å². The average Bonchev–Trinajstić information content (AvgIpc) is 2.94. The third-order valence-corrected chi connectivity index (χ3v) is 2.96. The fourth-order valence-corrected chi connectivity index (χ4v) is 2.15. The second-order valence-corrected chi connectivity index (χ2v) is 4.17. The summed E-state index contributed by atoms with van der Waals surface area (Å²) < 4.78 is 0. The lowest BCUT2D eigenvalue weighted by molar-refractivity contribution is 0.694. The first-order valence-corrected chi connectivity index (χ1v) is 7.64. The maximum absolute atomic E-state index is 4.67. The van der Waals surface area contributed by atoms with Gasteiger partial charge in [0.25, 0.3) is 0 Å².